The van der Waals surface area contributed by atoms with Crippen molar-refractivity contribution in [3.63, 3.8) is 0 Å². The van der Waals surface area contributed by atoms with Crippen molar-refractivity contribution in [2.75, 3.05) is 13.7 Å². The Kier molecular flexibility index (Phi) is 10.7. The number of rotatable bonds is 13. The maximum absolute atomic E-state index is 13.3. The molecule has 0 bridgehead atoms. The van der Waals surface area contributed by atoms with Crippen molar-refractivity contribution in [1.29, 1.82) is 0 Å². The number of amides is 2. The minimum Gasteiger partial charge on any atom is -0.497 e. The molecule has 180 valence electrons. The molecule has 0 aromatic heterocycles. The van der Waals surface area contributed by atoms with E-state index in [2.05, 4.69) is 5.32 Å². The third-order valence-corrected chi connectivity index (χ3v) is 5.52. The number of ether oxygens (including phenoxy) is 2. The van der Waals surface area contributed by atoms with Gasteiger partial charge in [-0.25, -0.2) is 4.39 Å². The van der Waals surface area contributed by atoms with E-state index in [1.54, 1.807) is 24.1 Å². The van der Waals surface area contributed by atoms with Crippen molar-refractivity contribution in [2.45, 2.75) is 65.1 Å². The summed E-state index contributed by atoms with van der Waals surface area (Å²) in [6, 6.07) is 12.7. The van der Waals surface area contributed by atoms with Crippen LogP contribution in [0.1, 0.15) is 52.0 Å². The third-order valence-electron chi connectivity index (χ3n) is 5.52. The Labute approximate surface area is 196 Å². The molecule has 0 saturated heterocycles. The van der Waals surface area contributed by atoms with Crippen molar-refractivity contribution in [3.05, 3.63) is 59.9 Å². The molecule has 2 atom stereocenters. The second-order valence-corrected chi connectivity index (χ2v) is 8.02. The summed E-state index contributed by atoms with van der Waals surface area (Å²) >= 11 is 0. The molecule has 0 fully saturated rings. The largest absolute Gasteiger partial charge is 0.497 e. The van der Waals surface area contributed by atoms with Crippen molar-refractivity contribution in [2.24, 2.45) is 0 Å². The number of carbonyl (C=O) groups is 2. The van der Waals surface area contributed by atoms with Gasteiger partial charge in [0.2, 0.25) is 11.8 Å². The van der Waals surface area contributed by atoms with Crippen LogP contribution in [0.15, 0.2) is 48.5 Å². The lowest BCUT2D eigenvalue weighted by atomic mass is 10.1. The maximum atomic E-state index is 13.3. The smallest absolute Gasteiger partial charge is 0.243 e. The number of hydrogen-bond donors (Lipinski definition) is 1. The van der Waals surface area contributed by atoms with Gasteiger partial charge in [0.05, 0.1) is 13.7 Å². The van der Waals surface area contributed by atoms with Crippen molar-refractivity contribution in [1.82, 2.24) is 10.2 Å². The molecule has 0 heterocycles. The van der Waals surface area contributed by atoms with Gasteiger partial charge in [0.15, 0.2) is 0 Å². The monoisotopic (exact) mass is 458 g/mol. The van der Waals surface area contributed by atoms with Gasteiger partial charge in [0, 0.05) is 19.0 Å². The third kappa shape index (κ3) is 8.40. The van der Waals surface area contributed by atoms with Gasteiger partial charge in [-0.3, -0.25) is 9.59 Å². The Morgan fingerprint density at radius 3 is 2.21 bits per heavy atom. The summed E-state index contributed by atoms with van der Waals surface area (Å²) < 4.78 is 24.2. The Balaban J connectivity index is 2.04. The summed E-state index contributed by atoms with van der Waals surface area (Å²) in [5, 5.41) is 2.98. The van der Waals surface area contributed by atoms with Gasteiger partial charge in [-0.1, -0.05) is 26.0 Å². The van der Waals surface area contributed by atoms with E-state index in [1.807, 2.05) is 45.0 Å². The van der Waals surface area contributed by atoms with Gasteiger partial charge >= 0.3 is 0 Å². The first-order chi connectivity index (χ1) is 15.9. The molecule has 0 aliphatic carbocycles. The fourth-order valence-corrected chi connectivity index (χ4v) is 3.38. The van der Waals surface area contributed by atoms with Crippen LogP contribution in [0.2, 0.25) is 0 Å². The molecule has 33 heavy (non-hydrogen) atoms. The summed E-state index contributed by atoms with van der Waals surface area (Å²) in [6.07, 6.45) is 2.03. The van der Waals surface area contributed by atoms with Gasteiger partial charge in [0.25, 0.3) is 0 Å². The van der Waals surface area contributed by atoms with E-state index in [0.717, 1.165) is 17.7 Å². The summed E-state index contributed by atoms with van der Waals surface area (Å²) in [6.45, 7) is 6.44. The van der Waals surface area contributed by atoms with E-state index in [1.165, 1.54) is 12.1 Å². The number of benzene rings is 2. The normalized spacial score (nSPS) is 12.5. The van der Waals surface area contributed by atoms with E-state index in [-0.39, 0.29) is 36.6 Å². The minimum absolute atomic E-state index is 0.0206. The van der Waals surface area contributed by atoms with Crippen LogP contribution in [0, 0.1) is 5.82 Å². The summed E-state index contributed by atoms with van der Waals surface area (Å²) in [5.74, 6) is 0.801. The van der Waals surface area contributed by atoms with Gasteiger partial charge < -0.3 is 19.7 Å². The lowest BCUT2D eigenvalue weighted by Crippen LogP contribution is -2.50. The molecule has 0 spiro atoms. The van der Waals surface area contributed by atoms with Gasteiger partial charge in [-0.05, 0) is 68.1 Å². The lowest BCUT2D eigenvalue weighted by molar-refractivity contribution is -0.141. The quantitative estimate of drug-likeness (QED) is 0.441. The van der Waals surface area contributed by atoms with E-state index < -0.39 is 6.04 Å². The van der Waals surface area contributed by atoms with Crippen LogP contribution in [-0.2, 0) is 16.1 Å². The van der Waals surface area contributed by atoms with Crippen molar-refractivity contribution < 1.29 is 23.5 Å². The topological polar surface area (TPSA) is 67.9 Å². The van der Waals surface area contributed by atoms with Crippen LogP contribution < -0.4 is 14.8 Å². The molecule has 2 rings (SSSR count). The van der Waals surface area contributed by atoms with Crippen molar-refractivity contribution in [3.8, 4) is 11.5 Å². The second-order valence-electron chi connectivity index (χ2n) is 8.02. The zero-order chi connectivity index (χ0) is 24.2. The molecule has 6 nitrogen and oxygen atoms in total. The SMILES string of the molecule is CC[C@@H](C)NC(=O)[C@H](CC)N(Cc1ccc(F)cc1)C(=O)CCCOc1ccc(OC)cc1. The highest BCUT2D eigenvalue weighted by Crippen LogP contribution is 2.18. The molecule has 0 radical (unpaired) electrons. The maximum Gasteiger partial charge on any atom is 0.243 e. The molecule has 2 aromatic carbocycles. The summed E-state index contributed by atoms with van der Waals surface area (Å²) in [4.78, 5) is 27.7. The fourth-order valence-electron chi connectivity index (χ4n) is 3.38. The van der Waals surface area contributed by atoms with Crippen LogP contribution in [0.25, 0.3) is 0 Å². The minimum atomic E-state index is -0.598. The zero-order valence-electron chi connectivity index (χ0n) is 20.0. The standard InChI is InChI=1S/C26H35FN2O4/c1-5-19(3)28-26(31)24(6-2)29(18-20-9-11-21(27)12-10-20)25(30)8-7-17-33-23-15-13-22(32-4)14-16-23/h9-16,19,24H,5-8,17-18H2,1-4H3,(H,28,31)/t19-,24+/m1/s1. The Hall–Kier alpha value is -3.09. The molecule has 2 amide bonds. The highest BCUT2D eigenvalue weighted by atomic mass is 19.1. The van der Waals surface area contributed by atoms with Crippen LogP contribution in [0.5, 0.6) is 11.5 Å². The molecule has 2 aromatic rings. The molecule has 0 aliphatic rings. The van der Waals surface area contributed by atoms with Crippen LogP contribution in [-0.4, -0.2) is 42.5 Å². The van der Waals surface area contributed by atoms with Gasteiger partial charge in [0.1, 0.15) is 23.4 Å². The van der Waals surface area contributed by atoms with Crippen LogP contribution >= 0.6 is 0 Å². The first-order valence-corrected chi connectivity index (χ1v) is 11.5. The average Bonchev–Trinajstić information content (AvgIpc) is 2.83. The van der Waals surface area contributed by atoms with Crippen molar-refractivity contribution >= 4 is 11.8 Å². The highest BCUT2D eigenvalue weighted by Gasteiger charge is 2.28. The molecule has 0 saturated carbocycles. The summed E-state index contributed by atoms with van der Waals surface area (Å²) in [7, 11) is 1.60. The van der Waals surface area contributed by atoms with E-state index in [9.17, 15) is 14.0 Å². The number of nitrogens with one attached hydrogen (secondary N) is 1. The number of carbonyl (C=O) groups excluding carboxylic acids is 2. The Morgan fingerprint density at radius 1 is 1.00 bits per heavy atom. The first-order valence-electron chi connectivity index (χ1n) is 11.5. The highest BCUT2D eigenvalue weighted by molar-refractivity contribution is 5.87. The molecular formula is C26H35FN2O4. The summed E-state index contributed by atoms with van der Waals surface area (Å²) in [5.41, 5.74) is 0.772. The molecular weight excluding hydrogens is 423 g/mol. The fraction of sp³-hybridized carbons (Fsp3) is 0.462. The Morgan fingerprint density at radius 2 is 1.64 bits per heavy atom. The average molecular weight is 459 g/mol. The number of hydrogen-bond acceptors (Lipinski definition) is 4. The molecule has 1 N–H and O–H groups in total. The Bertz CT molecular complexity index is 871. The van der Waals surface area contributed by atoms with Crippen LogP contribution in [0.4, 0.5) is 4.39 Å². The molecule has 7 heteroatoms. The first kappa shape index (κ1) is 26.2. The van der Waals surface area contributed by atoms with Crippen LogP contribution in [0.3, 0.4) is 0 Å². The van der Waals surface area contributed by atoms with E-state index >= 15 is 0 Å². The number of nitrogens with zero attached hydrogens (tertiary/aromatic N) is 1. The molecule has 0 aliphatic heterocycles. The van der Waals surface area contributed by atoms with E-state index in [0.29, 0.717) is 25.2 Å². The van der Waals surface area contributed by atoms with Gasteiger partial charge in [-0.15, -0.1) is 0 Å². The predicted octanol–water partition coefficient (Wildman–Crippen LogP) is 4.72. The van der Waals surface area contributed by atoms with E-state index in [4.69, 9.17) is 9.47 Å². The predicted molar refractivity (Wildman–Crippen MR) is 127 cm³/mol. The molecule has 0 unspecified atom stereocenters. The van der Waals surface area contributed by atoms with Gasteiger partial charge in [-0.2, -0.15) is 0 Å². The number of halogens is 1. The second kappa shape index (κ2) is 13.5. The zero-order valence-corrected chi connectivity index (χ0v) is 20.0. The number of methoxy groups -OCH3 is 1. The lowest BCUT2D eigenvalue weighted by Gasteiger charge is -2.31.